The number of urea groups is 1. The molecule has 1 aromatic heterocycles. The minimum absolute atomic E-state index is 0.00871. The van der Waals surface area contributed by atoms with Gasteiger partial charge in [0.25, 0.3) is 0 Å². The zero-order valence-corrected chi connectivity index (χ0v) is 23.1. The standard InChI is InChI=1S/C29H38FN7O2/c1-19(11-13-37-12-5-6-22(18-37)14-21-7-9-25(30)10-8-21)31-28(39)32-26-16-23(27-33-35-36-34-27)15-24(17-26)29(3,4)20(2)38/h7-10,15-17,19,22H,5-6,11-14,18H2,1-4H3,(H2,31,32,39)(H,33,34,35,36)/t19-,22+/m1/s1. The lowest BCUT2D eigenvalue weighted by Gasteiger charge is -2.33. The quantitative estimate of drug-likeness (QED) is 0.346. The Balaban J connectivity index is 1.31. The van der Waals surface area contributed by atoms with Gasteiger partial charge < -0.3 is 15.5 Å². The Labute approximate surface area is 229 Å². The first-order chi connectivity index (χ1) is 18.6. The van der Waals surface area contributed by atoms with Gasteiger partial charge in [-0.05, 0) is 113 Å². The molecule has 1 aliphatic rings. The number of aromatic nitrogens is 4. The van der Waals surface area contributed by atoms with Gasteiger partial charge in [0.2, 0.25) is 5.82 Å². The van der Waals surface area contributed by atoms with Gasteiger partial charge in [0.05, 0.1) is 0 Å². The Morgan fingerprint density at radius 1 is 1.21 bits per heavy atom. The molecule has 3 aromatic rings. The number of ketones is 1. The number of amides is 2. The molecule has 208 valence electrons. The molecule has 10 heteroatoms. The number of tetrazole rings is 1. The van der Waals surface area contributed by atoms with Crippen LogP contribution in [0.2, 0.25) is 0 Å². The molecule has 4 rings (SSSR count). The monoisotopic (exact) mass is 535 g/mol. The predicted molar refractivity (Wildman–Crippen MR) is 149 cm³/mol. The summed E-state index contributed by atoms with van der Waals surface area (Å²) < 4.78 is 13.2. The molecule has 1 fully saturated rings. The summed E-state index contributed by atoms with van der Waals surface area (Å²) in [5.41, 5.74) is 2.38. The molecule has 2 aromatic carbocycles. The van der Waals surface area contributed by atoms with Crippen molar-refractivity contribution < 1.29 is 14.0 Å². The van der Waals surface area contributed by atoms with Gasteiger partial charge in [-0.25, -0.2) is 9.18 Å². The molecule has 1 aliphatic heterocycles. The van der Waals surface area contributed by atoms with Crippen LogP contribution < -0.4 is 10.6 Å². The van der Waals surface area contributed by atoms with E-state index < -0.39 is 5.41 Å². The molecule has 39 heavy (non-hydrogen) atoms. The third-order valence-electron chi connectivity index (χ3n) is 7.69. The molecule has 9 nitrogen and oxygen atoms in total. The molecule has 0 radical (unpaired) electrons. The van der Waals surface area contributed by atoms with Crippen molar-refractivity contribution in [1.29, 1.82) is 0 Å². The van der Waals surface area contributed by atoms with E-state index in [2.05, 4.69) is 36.2 Å². The van der Waals surface area contributed by atoms with E-state index in [0.29, 0.717) is 23.0 Å². The number of halogens is 1. The molecule has 0 aliphatic carbocycles. The number of anilines is 1. The second kappa shape index (κ2) is 12.5. The van der Waals surface area contributed by atoms with Crippen molar-refractivity contribution in [2.45, 2.75) is 64.8 Å². The normalized spacial score (nSPS) is 17.0. The summed E-state index contributed by atoms with van der Waals surface area (Å²) in [6.45, 7) is 10.2. The van der Waals surface area contributed by atoms with E-state index in [9.17, 15) is 14.0 Å². The average molecular weight is 536 g/mol. The fraction of sp³-hybridized carbons (Fsp3) is 0.483. The van der Waals surface area contributed by atoms with Gasteiger partial charge in [0, 0.05) is 35.8 Å². The summed E-state index contributed by atoms with van der Waals surface area (Å²) in [7, 11) is 0. The number of H-pyrrole nitrogens is 1. The minimum atomic E-state index is -0.747. The Hall–Kier alpha value is -3.66. The third-order valence-corrected chi connectivity index (χ3v) is 7.69. The number of nitrogens with one attached hydrogen (secondary N) is 3. The van der Waals surface area contributed by atoms with Gasteiger partial charge in [-0.15, -0.1) is 10.2 Å². The zero-order chi connectivity index (χ0) is 28.0. The van der Waals surface area contributed by atoms with E-state index >= 15 is 0 Å². The van der Waals surface area contributed by atoms with Gasteiger partial charge in [0.1, 0.15) is 11.6 Å². The van der Waals surface area contributed by atoms with E-state index in [1.807, 2.05) is 45.0 Å². The van der Waals surface area contributed by atoms with Gasteiger partial charge in [-0.2, -0.15) is 5.21 Å². The first-order valence-corrected chi connectivity index (χ1v) is 13.5. The van der Waals surface area contributed by atoms with Crippen LogP contribution >= 0.6 is 0 Å². The SMILES string of the molecule is CC(=O)C(C)(C)c1cc(NC(=O)N[C@H](C)CCN2CCC[C@@H](Cc3ccc(F)cc3)C2)cc(-c2nn[nH]n2)c1. The highest BCUT2D eigenvalue weighted by Crippen LogP contribution is 2.31. The van der Waals surface area contributed by atoms with Gasteiger partial charge in [-0.1, -0.05) is 12.1 Å². The molecule has 2 atom stereocenters. The first-order valence-electron chi connectivity index (χ1n) is 13.5. The predicted octanol–water partition coefficient (Wildman–Crippen LogP) is 4.73. The Kier molecular flexibility index (Phi) is 9.06. The summed E-state index contributed by atoms with van der Waals surface area (Å²) in [5, 5.41) is 20.1. The van der Waals surface area contributed by atoms with E-state index in [4.69, 9.17) is 0 Å². The number of benzene rings is 2. The summed E-state index contributed by atoms with van der Waals surface area (Å²) in [6, 6.07) is 11.9. The van der Waals surface area contributed by atoms with E-state index in [0.717, 1.165) is 44.5 Å². The van der Waals surface area contributed by atoms with Crippen LogP contribution in [0.3, 0.4) is 0 Å². The molecular formula is C29H38FN7O2. The number of likely N-dealkylation sites (tertiary alicyclic amines) is 1. The topological polar surface area (TPSA) is 116 Å². The molecule has 2 heterocycles. The van der Waals surface area contributed by atoms with Gasteiger partial charge in [0.15, 0.2) is 0 Å². The summed E-state index contributed by atoms with van der Waals surface area (Å²) >= 11 is 0. The molecule has 2 amide bonds. The molecule has 0 unspecified atom stereocenters. The molecule has 3 N–H and O–H groups in total. The van der Waals surface area contributed by atoms with Crippen LogP contribution in [0.25, 0.3) is 11.4 Å². The first kappa shape index (κ1) is 28.4. The van der Waals surface area contributed by atoms with E-state index in [1.165, 1.54) is 24.1 Å². The van der Waals surface area contributed by atoms with Crippen molar-refractivity contribution in [3.8, 4) is 11.4 Å². The number of rotatable bonds is 10. The Morgan fingerprint density at radius 3 is 2.67 bits per heavy atom. The Morgan fingerprint density at radius 2 is 1.97 bits per heavy atom. The average Bonchev–Trinajstić information content (AvgIpc) is 3.44. The lowest BCUT2D eigenvalue weighted by Crippen LogP contribution is -2.41. The highest BCUT2D eigenvalue weighted by atomic mass is 19.1. The molecule has 0 bridgehead atoms. The van der Waals surface area contributed by atoms with Crippen molar-refractivity contribution in [1.82, 2.24) is 30.8 Å². The fourth-order valence-corrected chi connectivity index (χ4v) is 4.99. The molecular weight excluding hydrogens is 497 g/mol. The van der Waals surface area contributed by atoms with Crippen molar-refractivity contribution >= 4 is 17.5 Å². The second-order valence-electron chi connectivity index (χ2n) is 11.1. The largest absolute Gasteiger partial charge is 0.335 e. The summed E-state index contributed by atoms with van der Waals surface area (Å²) in [5.74, 6) is 0.743. The van der Waals surface area contributed by atoms with Crippen LogP contribution in [0.1, 0.15) is 58.1 Å². The summed E-state index contributed by atoms with van der Waals surface area (Å²) in [6.07, 6.45) is 4.10. The molecule has 0 spiro atoms. The highest BCUT2D eigenvalue weighted by molar-refractivity contribution is 5.92. The minimum Gasteiger partial charge on any atom is -0.335 e. The number of piperidine rings is 1. The van der Waals surface area contributed by atoms with E-state index in [-0.39, 0.29) is 23.7 Å². The maximum Gasteiger partial charge on any atom is 0.319 e. The van der Waals surface area contributed by atoms with Gasteiger partial charge in [-0.3, -0.25) is 4.79 Å². The number of hydrogen-bond donors (Lipinski definition) is 3. The number of carbonyl (C=O) groups excluding carboxylic acids is 2. The van der Waals surface area contributed by atoms with Crippen LogP contribution in [0.5, 0.6) is 0 Å². The van der Waals surface area contributed by atoms with Crippen molar-refractivity contribution in [3.05, 3.63) is 59.4 Å². The summed E-state index contributed by atoms with van der Waals surface area (Å²) in [4.78, 5) is 27.6. The number of hydrogen-bond acceptors (Lipinski definition) is 6. The van der Waals surface area contributed by atoms with Crippen LogP contribution in [0.4, 0.5) is 14.9 Å². The smallest absolute Gasteiger partial charge is 0.319 e. The van der Waals surface area contributed by atoms with Crippen molar-refractivity contribution in [3.63, 3.8) is 0 Å². The Bertz CT molecular complexity index is 1260. The molecule has 1 saturated heterocycles. The van der Waals surface area contributed by atoms with Crippen LogP contribution in [-0.2, 0) is 16.6 Å². The highest BCUT2D eigenvalue weighted by Gasteiger charge is 2.28. The lowest BCUT2D eigenvalue weighted by molar-refractivity contribution is -0.121. The number of nitrogens with zero attached hydrogens (tertiary/aromatic N) is 4. The maximum atomic E-state index is 13.2. The fourth-order valence-electron chi connectivity index (χ4n) is 4.99. The molecule has 0 saturated carbocycles. The van der Waals surface area contributed by atoms with Gasteiger partial charge >= 0.3 is 6.03 Å². The third kappa shape index (κ3) is 7.69. The van der Waals surface area contributed by atoms with Crippen molar-refractivity contribution in [2.24, 2.45) is 5.92 Å². The number of Topliss-reactive ketones (excluding diaryl/α,β-unsaturated/α-hetero) is 1. The van der Waals surface area contributed by atoms with E-state index in [1.54, 1.807) is 13.0 Å². The van der Waals surface area contributed by atoms with Crippen molar-refractivity contribution in [2.75, 3.05) is 25.0 Å². The zero-order valence-electron chi connectivity index (χ0n) is 23.1. The number of carbonyl (C=O) groups is 2. The van der Waals surface area contributed by atoms with Crippen LogP contribution in [0.15, 0.2) is 42.5 Å². The van der Waals surface area contributed by atoms with Crippen LogP contribution in [-0.4, -0.2) is 63.0 Å². The second-order valence-corrected chi connectivity index (χ2v) is 11.1. The lowest BCUT2D eigenvalue weighted by atomic mass is 9.80. The number of aromatic amines is 1. The van der Waals surface area contributed by atoms with Crippen LogP contribution in [0, 0.1) is 11.7 Å². The maximum absolute atomic E-state index is 13.2.